The zero-order valence-electron chi connectivity index (χ0n) is 14.7. The van der Waals surface area contributed by atoms with E-state index in [9.17, 15) is 0 Å². The zero-order chi connectivity index (χ0) is 18.1. The average Bonchev–Trinajstić information content (AvgIpc) is 2.93. The quantitative estimate of drug-likeness (QED) is 0.702. The van der Waals surface area contributed by atoms with E-state index in [1.807, 2.05) is 24.6 Å². The molecule has 3 rings (SSSR count). The molecule has 0 aliphatic carbocycles. The highest BCUT2D eigenvalue weighted by Gasteiger charge is 2.15. The maximum absolute atomic E-state index is 6.08. The first kappa shape index (κ1) is 17.4. The molecule has 3 aromatic heterocycles. The van der Waals surface area contributed by atoms with Crippen molar-refractivity contribution in [2.75, 3.05) is 12.3 Å². The van der Waals surface area contributed by atoms with Gasteiger partial charge in [-0.25, -0.2) is 4.98 Å². The Hall–Kier alpha value is -2.41. The topological polar surface area (TPSA) is 91.7 Å². The van der Waals surface area contributed by atoms with Crippen molar-refractivity contribution < 1.29 is 4.74 Å². The van der Waals surface area contributed by atoms with E-state index in [-0.39, 0.29) is 11.1 Å². The summed E-state index contributed by atoms with van der Waals surface area (Å²) in [4.78, 5) is 17.0. The molecule has 0 aliphatic heterocycles. The van der Waals surface area contributed by atoms with Crippen molar-refractivity contribution in [3.8, 4) is 5.75 Å². The first-order valence-corrected chi connectivity index (χ1v) is 8.46. The molecule has 25 heavy (non-hydrogen) atoms. The first-order chi connectivity index (χ1) is 11.9. The van der Waals surface area contributed by atoms with Crippen LogP contribution < -0.4 is 10.5 Å². The lowest BCUT2D eigenvalue weighted by Gasteiger charge is -2.16. The van der Waals surface area contributed by atoms with Crippen LogP contribution in [0.4, 0.5) is 5.95 Å². The number of anilines is 1. The van der Waals surface area contributed by atoms with E-state index in [0.29, 0.717) is 30.2 Å². The van der Waals surface area contributed by atoms with E-state index >= 15 is 0 Å². The van der Waals surface area contributed by atoms with Gasteiger partial charge < -0.3 is 15.0 Å². The molecule has 0 radical (unpaired) electrons. The van der Waals surface area contributed by atoms with Crippen LogP contribution in [0.5, 0.6) is 5.75 Å². The number of pyridine rings is 1. The van der Waals surface area contributed by atoms with Gasteiger partial charge in [0.05, 0.1) is 25.2 Å². The molecule has 0 saturated heterocycles. The maximum Gasteiger partial charge on any atom is 0.223 e. The Balaban J connectivity index is 1.97. The fourth-order valence-electron chi connectivity index (χ4n) is 2.59. The predicted molar refractivity (Wildman–Crippen MR) is 97.9 cm³/mol. The van der Waals surface area contributed by atoms with Crippen LogP contribution in [0.3, 0.4) is 0 Å². The molecule has 0 amide bonds. The number of halogens is 1. The van der Waals surface area contributed by atoms with Crippen LogP contribution in [-0.2, 0) is 6.54 Å². The van der Waals surface area contributed by atoms with Gasteiger partial charge in [0.25, 0.3) is 0 Å². The Labute approximate surface area is 151 Å². The summed E-state index contributed by atoms with van der Waals surface area (Å²) in [5, 5.41) is 0.246. The monoisotopic (exact) mass is 360 g/mol. The minimum Gasteiger partial charge on any atom is -0.493 e. The number of aromatic nitrogens is 5. The third kappa shape index (κ3) is 3.51. The van der Waals surface area contributed by atoms with Gasteiger partial charge in [-0.05, 0) is 19.8 Å². The average molecular weight is 361 g/mol. The molecule has 0 atom stereocenters. The fourth-order valence-corrected chi connectivity index (χ4v) is 2.81. The lowest BCUT2D eigenvalue weighted by Crippen LogP contribution is -2.10. The third-order valence-electron chi connectivity index (χ3n) is 3.87. The molecule has 0 unspecified atom stereocenters. The third-order valence-corrected chi connectivity index (χ3v) is 4.13. The molecule has 0 aromatic carbocycles. The van der Waals surface area contributed by atoms with Gasteiger partial charge in [0.1, 0.15) is 11.3 Å². The van der Waals surface area contributed by atoms with Crippen LogP contribution in [0, 0.1) is 19.8 Å². The predicted octanol–water partition coefficient (Wildman–Crippen LogP) is 3.16. The second-order valence-corrected chi connectivity index (χ2v) is 6.82. The first-order valence-electron chi connectivity index (χ1n) is 8.08. The largest absolute Gasteiger partial charge is 0.493 e. The van der Waals surface area contributed by atoms with E-state index in [1.54, 1.807) is 6.33 Å². The van der Waals surface area contributed by atoms with Gasteiger partial charge >= 0.3 is 0 Å². The summed E-state index contributed by atoms with van der Waals surface area (Å²) < 4.78 is 7.84. The Kier molecular flexibility index (Phi) is 4.76. The highest BCUT2D eigenvalue weighted by Crippen LogP contribution is 2.27. The van der Waals surface area contributed by atoms with Crippen molar-refractivity contribution in [2.45, 2.75) is 34.2 Å². The van der Waals surface area contributed by atoms with Crippen molar-refractivity contribution in [1.29, 1.82) is 0 Å². The minimum atomic E-state index is 0.119. The van der Waals surface area contributed by atoms with Crippen LogP contribution in [0.15, 0.2) is 12.5 Å². The number of imidazole rings is 1. The van der Waals surface area contributed by atoms with E-state index in [0.717, 1.165) is 22.6 Å². The second kappa shape index (κ2) is 6.84. The summed E-state index contributed by atoms with van der Waals surface area (Å²) in [7, 11) is 0. The van der Waals surface area contributed by atoms with Crippen molar-refractivity contribution in [2.24, 2.45) is 5.92 Å². The Bertz CT molecular complexity index is 921. The zero-order valence-corrected chi connectivity index (χ0v) is 15.5. The standard InChI is InChI=1S/C17H21ClN6O/c1-9(2)7-25-14-10(3)5-20-12(11(14)4)6-24-8-21-13-15(18)22-17(19)23-16(13)24/h5,8-9H,6-7H2,1-4H3,(H2,19,22,23). The van der Waals surface area contributed by atoms with Crippen molar-refractivity contribution in [1.82, 2.24) is 24.5 Å². The summed E-state index contributed by atoms with van der Waals surface area (Å²) >= 11 is 6.08. The molecule has 3 aromatic rings. The number of fused-ring (bicyclic) bond motifs is 1. The number of aryl methyl sites for hydroxylation is 1. The van der Waals surface area contributed by atoms with Crippen LogP contribution >= 0.6 is 11.6 Å². The van der Waals surface area contributed by atoms with Gasteiger partial charge in [0.2, 0.25) is 5.95 Å². The number of rotatable bonds is 5. The van der Waals surface area contributed by atoms with Gasteiger partial charge in [0, 0.05) is 17.3 Å². The molecule has 132 valence electrons. The Morgan fingerprint density at radius 2 is 2.00 bits per heavy atom. The molecule has 0 spiro atoms. The lowest BCUT2D eigenvalue weighted by atomic mass is 10.1. The summed E-state index contributed by atoms with van der Waals surface area (Å²) in [6, 6.07) is 0. The Morgan fingerprint density at radius 1 is 1.24 bits per heavy atom. The highest BCUT2D eigenvalue weighted by molar-refractivity contribution is 6.33. The number of ether oxygens (including phenoxy) is 1. The number of hydrogen-bond acceptors (Lipinski definition) is 6. The Morgan fingerprint density at radius 3 is 2.72 bits per heavy atom. The number of nitrogens with zero attached hydrogens (tertiary/aromatic N) is 5. The fraction of sp³-hybridized carbons (Fsp3) is 0.412. The summed E-state index contributed by atoms with van der Waals surface area (Å²) in [6.45, 7) is 9.42. The number of nitrogen functional groups attached to an aromatic ring is 1. The van der Waals surface area contributed by atoms with Crippen LogP contribution in [0.1, 0.15) is 30.7 Å². The molecule has 0 saturated carbocycles. The molecular formula is C17H21ClN6O. The van der Waals surface area contributed by atoms with Crippen molar-refractivity contribution >= 4 is 28.7 Å². The SMILES string of the molecule is Cc1cnc(Cn2cnc3c(Cl)nc(N)nc32)c(C)c1OCC(C)C. The van der Waals surface area contributed by atoms with Gasteiger partial charge in [0.15, 0.2) is 10.8 Å². The smallest absolute Gasteiger partial charge is 0.223 e. The molecule has 0 bridgehead atoms. The van der Waals surface area contributed by atoms with E-state index < -0.39 is 0 Å². The summed E-state index contributed by atoms with van der Waals surface area (Å²) in [5.41, 5.74) is 9.73. The van der Waals surface area contributed by atoms with Crippen LogP contribution in [-0.4, -0.2) is 31.1 Å². The molecule has 0 aliphatic rings. The molecule has 3 heterocycles. The van der Waals surface area contributed by atoms with E-state index in [1.165, 1.54) is 0 Å². The molecular weight excluding hydrogens is 340 g/mol. The lowest BCUT2D eigenvalue weighted by molar-refractivity contribution is 0.267. The molecule has 8 heteroatoms. The summed E-state index contributed by atoms with van der Waals surface area (Å²) in [6.07, 6.45) is 3.49. The highest BCUT2D eigenvalue weighted by atomic mass is 35.5. The molecule has 2 N–H and O–H groups in total. The number of hydrogen-bond donors (Lipinski definition) is 1. The molecule has 7 nitrogen and oxygen atoms in total. The maximum atomic E-state index is 6.08. The van der Waals surface area contributed by atoms with E-state index in [4.69, 9.17) is 22.1 Å². The normalized spacial score (nSPS) is 11.4. The van der Waals surface area contributed by atoms with Crippen LogP contribution in [0.2, 0.25) is 5.15 Å². The number of nitrogens with two attached hydrogens (primary N) is 1. The van der Waals surface area contributed by atoms with E-state index in [2.05, 4.69) is 33.8 Å². The van der Waals surface area contributed by atoms with Gasteiger partial charge in [-0.2, -0.15) is 9.97 Å². The van der Waals surface area contributed by atoms with Crippen LogP contribution in [0.25, 0.3) is 11.2 Å². The minimum absolute atomic E-state index is 0.119. The second-order valence-electron chi connectivity index (χ2n) is 6.46. The van der Waals surface area contributed by atoms with Gasteiger partial charge in [-0.3, -0.25) is 4.98 Å². The van der Waals surface area contributed by atoms with Gasteiger partial charge in [-0.1, -0.05) is 25.4 Å². The van der Waals surface area contributed by atoms with Crippen molar-refractivity contribution in [3.05, 3.63) is 34.5 Å². The van der Waals surface area contributed by atoms with Crippen molar-refractivity contribution in [3.63, 3.8) is 0 Å². The molecule has 0 fully saturated rings. The summed E-state index contributed by atoms with van der Waals surface area (Å²) in [5.74, 6) is 1.46. The van der Waals surface area contributed by atoms with Gasteiger partial charge in [-0.15, -0.1) is 0 Å².